The molecule has 0 amide bonds. The molecule has 0 aliphatic carbocycles. The number of rotatable bonds is 81. The second kappa shape index (κ2) is 73.6. The molecule has 0 aromatic heterocycles. The monoisotopic (exact) mass is 1480 g/mol. The van der Waals surface area contributed by atoms with Gasteiger partial charge >= 0.3 is 39.5 Å². The second-order valence-electron chi connectivity index (χ2n) is 30.5. The lowest BCUT2D eigenvalue weighted by Crippen LogP contribution is -2.30. The van der Waals surface area contributed by atoms with Crippen molar-refractivity contribution in [3.8, 4) is 0 Å². The minimum atomic E-state index is -4.96. The van der Waals surface area contributed by atoms with Crippen molar-refractivity contribution in [3.05, 3.63) is 0 Å². The van der Waals surface area contributed by atoms with Crippen LogP contribution in [0, 0.1) is 11.8 Å². The minimum Gasteiger partial charge on any atom is -0.462 e. The van der Waals surface area contributed by atoms with Crippen LogP contribution < -0.4 is 0 Å². The van der Waals surface area contributed by atoms with E-state index in [2.05, 4.69) is 41.5 Å². The van der Waals surface area contributed by atoms with Crippen LogP contribution in [-0.2, 0) is 65.4 Å². The molecule has 0 saturated carbocycles. The van der Waals surface area contributed by atoms with E-state index in [4.69, 9.17) is 37.0 Å². The first-order chi connectivity index (χ1) is 48.9. The molecular formula is C82H160O17P2. The summed E-state index contributed by atoms with van der Waals surface area (Å²) in [4.78, 5) is 72.9. The van der Waals surface area contributed by atoms with Crippen LogP contribution in [0.2, 0.25) is 0 Å². The van der Waals surface area contributed by atoms with Gasteiger partial charge in [-0.3, -0.25) is 37.3 Å². The molecular weight excluding hydrogens is 1320 g/mol. The normalized spacial score (nSPS) is 13.9. The average Bonchev–Trinajstić information content (AvgIpc) is 1.75. The van der Waals surface area contributed by atoms with Gasteiger partial charge in [0.2, 0.25) is 0 Å². The van der Waals surface area contributed by atoms with Crippen LogP contribution in [0.5, 0.6) is 0 Å². The number of carbonyl (C=O) groups is 4. The van der Waals surface area contributed by atoms with Crippen LogP contribution in [0.3, 0.4) is 0 Å². The summed E-state index contributed by atoms with van der Waals surface area (Å²) in [6, 6.07) is 0. The third-order valence-corrected chi connectivity index (χ3v) is 21.1. The van der Waals surface area contributed by atoms with Crippen LogP contribution in [0.1, 0.15) is 433 Å². The van der Waals surface area contributed by atoms with Gasteiger partial charge in [-0.1, -0.05) is 382 Å². The summed E-state index contributed by atoms with van der Waals surface area (Å²) in [5.74, 6) is -0.519. The lowest BCUT2D eigenvalue weighted by Gasteiger charge is -2.21. The van der Waals surface area contributed by atoms with Gasteiger partial charge in [-0.25, -0.2) is 9.13 Å². The van der Waals surface area contributed by atoms with Crippen molar-refractivity contribution in [1.29, 1.82) is 0 Å². The average molecular weight is 1480 g/mol. The fraction of sp³-hybridized carbons (Fsp3) is 0.951. The fourth-order valence-corrected chi connectivity index (χ4v) is 14.3. The standard InChI is InChI=1S/C82H160O17P2/c1-7-9-11-13-15-16-17-18-19-20-21-22-23-26-32-37-42-48-54-60-66-82(87)99-78(71-93-80(85)65-59-53-47-41-36-31-27-24-25-29-34-39-45-50-56-62-74(3)4)73-97-101(90,91)95-69-76(83)68-94-100(88,89)96-72-77(70-92-79(84)64-58-52-44-14-12-10-8-2)98-81(86)67-61-55-49-43-38-33-28-30-35-40-46-51-57-63-75(5)6/h74-78,83H,7-73H2,1-6H3,(H,88,89)(H,90,91)/t76-,77+,78+/m0/s1. The number of hydrogen-bond acceptors (Lipinski definition) is 15. The van der Waals surface area contributed by atoms with Crippen molar-refractivity contribution in [2.45, 2.75) is 452 Å². The lowest BCUT2D eigenvalue weighted by atomic mass is 10.0. The van der Waals surface area contributed by atoms with Crippen LogP contribution in [0.15, 0.2) is 0 Å². The summed E-state index contributed by atoms with van der Waals surface area (Å²) in [5.41, 5.74) is 0. The number of esters is 4. The number of ether oxygens (including phenoxy) is 4. The minimum absolute atomic E-state index is 0.107. The Morgan fingerprint density at radius 3 is 0.673 bits per heavy atom. The number of phosphoric ester groups is 2. The van der Waals surface area contributed by atoms with E-state index < -0.39 is 97.5 Å². The summed E-state index contributed by atoms with van der Waals surface area (Å²) in [7, 11) is -9.92. The summed E-state index contributed by atoms with van der Waals surface area (Å²) in [6.07, 6.45) is 64.0. The Balaban J connectivity index is 5.17. The predicted octanol–water partition coefficient (Wildman–Crippen LogP) is 24.7. The van der Waals surface area contributed by atoms with E-state index in [1.807, 2.05) is 0 Å². The first kappa shape index (κ1) is 99.1. The summed E-state index contributed by atoms with van der Waals surface area (Å²) >= 11 is 0. The topological polar surface area (TPSA) is 237 Å². The molecule has 5 atom stereocenters. The van der Waals surface area contributed by atoms with Gasteiger partial charge in [-0.05, 0) is 37.5 Å². The van der Waals surface area contributed by atoms with Gasteiger partial charge in [-0.2, -0.15) is 0 Å². The Kier molecular flexibility index (Phi) is 72.2. The number of phosphoric acid groups is 2. The SMILES string of the molecule is CCCCCCCCCCCCCCCCCCCCCCC(=O)O[C@H](COC(=O)CCCCCCCCCCCCCCCCCC(C)C)COP(=O)(O)OC[C@@H](O)COP(=O)(O)OC[C@@H](COC(=O)CCCCCCCCC)OC(=O)CCCCCCCCCCCCCCCC(C)C. The van der Waals surface area contributed by atoms with Crippen molar-refractivity contribution in [1.82, 2.24) is 0 Å². The maximum atomic E-state index is 13.1. The molecule has 0 saturated heterocycles. The first-order valence-corrected chi connectivity index (χ1v) is 45.5. The molecule has 3 N–H and O–H groups in total. The highest BCUT2D eigenvalue weighted by Gasteiger charge is 2.30. The third-order valence-electron chi connectivity index (χ3n) is 19.2. The third kappa shape index (κ3) is 76.1. The summed E-state index contributed by atoms with van der Waals surface area (Å²) in [5, 5.41) is 10.6. The molecule has 0 fully saturated rings. The lowest BCUT2D eigenvalue weighted by molar-refractivity contribution is -0.161. The van der Waals surface area contributed by atoms with Gasteiger partial charge < -0.3 is 33.8 Å². The van der Waals surface area contributed by atoms with Crippen LogP contribution in [0.25, 0.3) is 0 Å². The zero-order chi connectivity index (χ0) is 74.2. The molecule has 0 bridgehead atoms. The Hall–Kier alpha value is -1.94. The zero-order valence-corrected chi connectivity index (χ0v) is 68.0. The van der Waals surface area contributed by atoms with E-state index in [1.54, 1.807) is 0 Å². The highest BCUT2D eigenvalue weighted by atomic mass is 31.2. The molecule has 19 heteroatoms. The molecule has 0 aliphatic rings. The van der Waals surface area contributed by atoms with E-state index in [1.165, 1.54) is 238 Å². The van der Waals surface area contributed by atoms with Crippen molar-refractivity contribution < 1.29 is 80.2 Å². The molecule has 0 radical (unpaired) electrons. The molecule has 0 spiro atoms. The van der Waals surface area contributed by atoms with Gasteiger partial charge in [0, 0.05) is 25.7 Å². The fourth-order valence-electron chi connectivity index (χ4n) is 12.7. The molecule has 0 rings (SSSR count). The Morgan fingerprint density at radius 2 is 0.455 bits per heavy atom. The van der Waals surface area contributed by atoms with Gasteiger partial charge in [0.25, 0.3) is 0 Å². The number of aliphatic hydroxyl groups excluding tert-OH is 1. The van der Waals surface area contributed by atoms with Crippen molar-refractivity contribution in [2.75, 3.05) is 39.6 Å². The molecule has 0 aromatic rings. The molecule has 0 aliphatic heterocycles. The zero-order valence-electron chi connectivity index (χ0n) is 66.2. The maximum Gasteiger partial charge on any atom is 0.472 e. The van der Waals surface area contributed by atoms with E-state index in [9.17, 15) is 43.2 Å². The maximum absolute atomic E-state index is 13.1. The number of unbranched alkanes of at least 4 members (excludes halogenated alkanes) is 51. The molecule has 101 heavy (non-hydrogen) atoms. The number of carbonyl (C=O) groups excluding carboxylic acids is 4. The van der Waals surface area contributed by atoms with Crippen LogP contribution in [0.4, 0.5) is 0 Å². The summed E-state index contributed by atoms with van der Waals surface area (Å²) in [6.45, 7) is 9.64. The van der Waals surface area contributed by atoms with Gasteiger partial charge in [0.15, 0.2) is 12.2 Å². The Labute approximate surface area is 619 Å². The second-order valence-corrected chi connectivity index (χ2v) is 33.4. The van der Waals surface area contributed by atoms with Crippen molar-refractivity contribution in [3.63, 3.8) is 0 Å². The van der Waals surface area contributed by atoms with E-state index in [-0.39, 0.29) is 25.7 Å². The molecule has 17 nitrogen and oxygen atoms in total. The molecule has 600 valence electrons. The predicted molar refractivity (Wildman–Crippen MR) is 414 cm³/mol. The summed E-state index contributed by atoms with van der Waals surface area (Å²) < 4.78 is 68.6. The molecule has 0 aromatic carbocycles. The Morgan fingerprint density at radius 1 is 0.267 bits per heavy atom. The van der Waals surface area contributed by atoms with Gasteiger partial charge in [0.05, 0.1) is 26.4 Å². The first-order valence-electron chi connectivity index (χ1n) is 42.5. The van der Waals surface area contributed by atoms with Crippen LogP contribution in [-0.4, -0.2) is 96.7 Å². The van der Waals surface area contributed by atoms with Gasteiger partial charge in [0.1, 0.15) is 19.3 Å². The highest BCUT2D eigenvalue weighted by molar-refractivity contribution is 7.47. The number of hydrogen-bond donors (Lipinski definition) is 3. The quantitative estimate of drug-likeness (QED) is 0.0222. The highest BCUT2D eigenvalue weighted by Crippen LogP contribution is 2.45. The van der Waals surface area contributed by atoms with E-state index in [0.717, 1.165) is 115 Å². The smallest absolute Gasteiger partial charge is 0.462 e. The largest absolute Gasteiger partial charge is 0.472 e. The molecule has 2 unspecified atom stereocenters. The van der Waals surface area contributed by atoms with E-state index >= 15 is 0 Å². The Bertz CT molecular complexity index is 1940. The number of aliphatic hydroxyl groups is 1. The van der Waals surface area contributed by atoms with Crippen molar-refractivity contribution >= 4 is 39.5 Å². The van der Waals surface area contributed by atoms with Crippen LogP contribution >= 0.6 is 15.6 Å². The van der Waals surface area contributed by atoms with E-state index in [0.29, 0.717) is 25.7 Å². The van der Waals surface area contributed by atoms with Crippen molar-refractivity contribution in [2.24, 2.45) is 11.8 Å². The molecule has 0 heterocycles. The van der Waals surface area contributed by atoms with Gasteiger partial charge in [-0.15, -0.1) is 0 Å².